The summed E-state index contributed by atoms with van der Waals surface area (Å²) >= 11 is 0. The molecule has 17 heavy (non-hydrogen) atoms. The number of rotatable bonds is 5. The maximum absolute atomic E-state index is 4.70. The fourth-order valence-electron chi connectivity index (χ4n) is 2.09. The van der Waals surface area contributed by atoms with Crippen molar-refractivity contribution in [3.63, 3.8) is 0 Å². The van der Waals surface area contributed by atoms with Gasteiger partial charge in [0.1, 0.15) is 5.82 Å². The predicted molar refractivity (Wildman–Crippen MR) is 68.0 cm³/mol. The van der Waals surface area contributed by atoms with Crippen molar-refractivity contribution >= 4 is 0 Å². The minimum absolute atomic E-state index is 0.493. The second-order valence-corrected chi connectivity index (χ2v) is 5.72. The summed E-state index contributed by atoms with van der Waals surface area (Å²) in [5.74, 6) is 2.45. The smallest absolute Gasteiger partial charge is 0.142 e. The quantitative estimate of drug-likeness (QED) is 0.846. The zero-order chi connectivity index (χ0) is 11.8. The van der Waals surface area contributed by atoms with E-state index in [1.54, 1.807) is 0 Å². The first kappa shape index (κ1) is 11.1. The molecule has 1 N–H and O–H groups in total. The molecule has 1 aromatic heterocycles. The van der Waals surface area contributed by atoms with Crippen LogP contribution in [0.4, 0.5) is 0 Å². The van der Waals surface area contributed by atoms with Crippen molar-refractivity contribution in [1.82, 2.24) is 15.3 Å². The van der Waals surface area contributed by atoms with Gasteiger partial charge in [0.25, 0.3) is 0 Å². The lowest BCUT2D eigenvalue weighted by molar-refractivity contribution is 0.568. The van der Waals surface area contributed by atoms with Gasteiger partial charge in [-0.05, 0) is 31.7 Å². The highest BCUT2D eigenvalue weighted by molar-refractivity contribution is 5.24. The van der Waals surface area contributed by atoms with E-state index >= 15 is 0 Å². The largest absolute Gasteiger partial charge is 0.308 e. The molecule has 1 heterocycles. The van der Waals surface area contributed by atoms with E-state index in [-0.39, 0.29) is 0 Å². The van der Waals surface area contributed by atoms with Gasteiger partial charge < -0.3 is 5.32 Å². The average molecular weight is 231 g/mol. The van der Waals surface area contributed by atoms with Crippen LogP contribution in [0, 0.1) is 0 Å². The van der Waals surface area contributed by atoms with E-state index in [1.807, 2.05) is 0 Å². The molecule has 0 unspecified atom stereocenters. The number of nitrogens with one attached hydrogen (secondary N) is 1. The van der Waals surface area contributed by atoms with Crippen LogP contribution in [0.3, 0.4) is 0 Å². The second-order valence-electron chi connectivity index (χ2n) is 5.72. The van der Waals surface area contributed by atoms with Crippen molar-refractivity contribution in [3.8, 4) is 0 Å². The average Bonchev–Trinajstić information content (AvgIpc) is 3.19. The molecule has 0 saturated heterocycles. The molecule has 92 valence electrons. The van der Waals surface area contributed by atoms with Gasteiger partial charge in [-0.25, -0.2) is 9.97 Å². The Kier molecular flexibility index (Phi) is 2.87. The van der Waals surface area contributed by atoms with Crippen LogP contribution in [0.1, 0.15) is 68.6 Å². The third-order valence-corrected chi connectivity index (χ3v) is 3.47. The van der Waals surface area contributed by atoms with Crippen LogP contribution in [-0.2, 0) is 6.54 Å². The molecule has 2 saturated carbocycles. The Morgan fingerprint density at radius 1 is 1.12 bits per heavy atom. The lowest BCUT2D eigenvalue weighted by Gasteiger charge is -2.10. The maximum atomic E-state index is 4.70. The van der Waals surface area contributed by atoms with E-state index in [1.165, 1.54) is 37.1 Å². The highest BCUT2D eigenvalue weighted by Crippen LogP contribution is 2.43. The first-order chi connectivity index (χ1) is 8.22. The molecule has 2 aliphatic rings. The summed E-state index contributed by atoms with van der Waals surface area (Å²) < 4.78 is 0. The van der Waals surface area contributed by atoms with E-state index in [9.17, 15) is 0 Å². The normalized spacial score (nSPS) is 19.9. The highest BCUT2D eigenvalue weighted by atomic mass is 15.0. The molecule has 0 radical (unpaired) electrons. The molecule has 0 aromatic carbocycles. The van der Waals surface area contributed by atoms with E-state index in [4.69, 9.17) is 9.97 Å². The molecule has 3 nitrogen and oxygen atoms in total. The first-order valence-corrected chi connectivity index (χ1v) is 6.83. The van der Waals surface area contributed by atoms with Crippen molar-refractivity contribution in [3.05, 3.63) is 23.3 Å². The zero-order valence-corrected chi connectivity index (χ0v) is 10.7. The van der Waals surface area contributed by atoms with E-state index < -0.39 is 0 Å². The van der Waals surface area contributed by atoms with Crippen LogP contribution in [0.5, 0.6) is 0 Å². The van der Waals surface area contributed by atoms with Gasteiger partial charge in [0, 0.05) is 29.3 Å². The summed E-state index contributed by atoms with van der Waals surface area (Å²) in [5.41, 5.74) is 2.59. The van der Waals surface area contributed by atoms with Crippen LogP contribution in [0.15, 0.2) is 6.07 Å². The Balaban J connectivity index is 1.80. The summed E-state index contributed by atoms with van der Waals surface area (Å²) in [6.45, 7) is 5.12. The third kappa shape index (κ3) is 2.83. The van der Waals surface area contributed by atoms with Crippen LogP contribution < -0.4 is 5.32 Å². The predicted octanol–water partition coefficient (Wildman–Crippen LogP) is 2.73. The van der Waals surface area contributed by atoms with Gasteiger partial charge >= 0.3 is 0 Å². The SMILES string of the molecule is CC(C)NCc1nc(C2CC2)cc(C2CC2)n1. The summed E-state index contributed by atoms with van der Waals surface area (Å²) in [4.78, 5) is 9.41. The zero-order valence-electron chi connectivity index (χ0n) is 10.7. The minimum atomic E-state index is 0.493. The fraction of sp³-hybridized carbons (Fsp3) is 0.714. The second kappa shape index (κ2) is 4.37. The summed E-state index contributed by atoms with van der Waals surface area (Å²) in [6, 6.07) is 2.75. The highest BCUT2D eigenvalue weighted by Gasteiger charge is 2.30. The standard InChI is InChI=1S/C14H21N3/c1-9(2)15-8-14-16-12(10-3-4-10)7-13(17-14)11-5-6-11/h7,9-11,15H,3-6,8H2,1-2H3. The van der Waals surface area contributed by atoms with E-state index in [2.05, 4.69) is 25.2 Å². The topological polar surface area (TPSA) is 37.8 Å². The van der Waals surface area contributed by atoms with Gasteiger partial charge in [0.15, 0.2) is 0 Å². The van der Waals surface area contributed by atoms with Crippen LogP contribution in [-0.4, -0.2) is 16.0 Å². The molecule has 2 fully saturated rings. The Morgan fingerprint density at radius 3 is 2.06 bits per heavy atom. The summed E-state index contributed by atoms with van der Waals surface area (Å²) in [5, 5.41) is 3.41. The first-order valence-electron chi connectivity index (χ1n) is 6.83. The molecule has 0 bridgehead atoms. The Morgan fingerprint density at radius 2 is 1.65 bits per heavy atom. The summed E-state index contributed by atoms with van der Waals surface area (Å²) in [6.07, 6.45) is 5.27. The molecule has 0 spiro atoms. The van der Waals surface area contributed by atoms with Crippen molar-refractivity contribution in [2.45, 2.75) is 64.0 Å². The lowest BCUT2D eigenvalue weighted by Crippen LogP contribution is -2.23. The molecule has 0 atom stereocenters. The third-order valence-electron chi connectivity index (χ3n) is 3.47. The molecule has 0 amide bonds. The van der Waals surface area contributed by atoms with Gasteiger partial charge in [-0.2, -0.15) is 0 Å². The summed E-state index contributed by atoms with van der Waals surface area (Å²) in [7, 11) is 0. The van der Waals surface area contributed by atoms with Crippen molar-refractivity contribution in [2.24, 2.45) is 0 Å². The molecule has 2 aliphatic carbocycles. The molecule has 1 aromatic rings. The number of nitrogens with zero attached hydrogens (tertiary/aromatic N) is 2. The molecule has 0 aliphatic heterocycles. The number of hydrogen-bond acceptors (Lipinski definition) is 3. The Bertz CT molecular complexity index is 376. The van der Waals surface area contributed by atoms with Crippen LogP contribution >= 0.6 is 0 Å². The lowest BCUT2D eigenvalue weighted by atomic mass is 10.2. The van der Waals surface area contributed by atoms with Crippen molar-refractivity contribution in [1.29, 1.82) is 0 Å². The van der Waals surface area contributed by atoms with Gasteiger partial charge in [0.05, 0.1) is 6.54 Å². The fourth-order valence-corrected chi connectivity index (χ4v) is 2.09. The van der Waals surface area contributed by atoms with Gasteiger partial charge in [-0.15, -0.1) is 0 Å². The van der Waals surface area contributed by atoms with Crippen molar-refractivity contribution in [2.75, 3.05) is 0 Å². The van der Waals surface area contributed by atoms with E-state index in [0.717, 1.165) is 24.2 Å². The molecular formula is C14H21N3. The van der Waals surface area contributed by atoms with Gasteiger partial charge in [0.2, 0.25) is 0 Å². The molecule has 3 heteroatoms. The molecule has 3 rings (SSSR count). The Labute approximate surface area is 103 Å². The van der Waals surface area contributed by atoms with Gasteiger partial charge in [-0.1, -0.05) is 13.8 Å². The van der Waals surface area contributed by atoms with Crippen LogP contribution in [0.2, 0.25) is 0 Å². The maximum Gasteiger partial charge on any atom is 0.142 e. The number of hydrogen-bond donors (Lipinski definition) is 1. The van der Waals surface area contributed by atoms with Crippen molar-refractivity contribution < 1.29 is 0 Å². The van der Waals surface area contributed by atoms with Crippen LogP contribution in [0.25, 0.3) is 0 Å². The number of aromatic nitrogens is 2. The molecular weight excluding hydrogens is 210 g/mol. The minimum Gasteiger partial charge on any atom is -0.308 e. The Hall–Kier alpha value is -0.960. The monoisotopic (exact) mass is 231 g/mol. The van der Waals surface area contributed by atoms with Gasteiger partial charge in [-0.3, -0.25) is 0 Å². The van der Waals surface area contributed by atoms with E-state index in [0.29, 0.717) is 6.04 Å².